The average molecular weight is 686 g/mol. The quantitative estimate of drug-likeness (QED) is 0.207. The van der Waals surface area contributed by atoms with Gasteiger partial charge in [-0.1, -0.05) is 42.5 Å². The summed E-state index contributed by atoms with van der Waals surface area (Å²) < 4.78 is 16.8. The van der Waals surface area contributed by atoms with Crippen LogP contribution >= 0.6 is 0 Å². The van der Waals surface area contributed by atoms with Crippen LogP contribution in [0.4, 0.5) is 21.0 Å². The average Bonchev–Trinajstić information content (AvgIpc) is 3.09. The smallest absolute Gasteiger partial charge is 0.412 e. The van der Waals surface area contributed by atoms with Gasteiger partial charge in [0, 0.05) is 31.7 Å². The molecule has 2 heterocycles. The van der Waals surface area contributed by atoms with Gasteiger partial charge in [0.25, 0.3) is 5.91 Å². The molecule has 0 atom stereocenters. The van der Waals surface area contributed by atoms with E-state index in [1.807, 2.05) is 24.3 Å². The van der Waals surface area contributed by atoms with E-state index >= 15 is 0 Å². The number of carbonyl (C=O) groups is 3. The monoisotopic (exact) mass is 685 g/mol. The van der Waals surface area contributed by atoms with Crippen molar-refractivity contribution >= 4 is 29.4 Å². The van der Waals surface area contributed by atoms with E-state index in [1.165, 1.54) is 12.5 Å². The predicted molar refractivity (Wildman–Crippen MR) is 191 cm³/mol. The Bertz CT molecular complexity index is 1630. The Balaban J connectivity index is 1.21. The van der Waals surface area contributed by atoms with Crippen LogP contribution in [-0.4, -0.2) is 70.8 Å². The van der Waals surface area contributed by atoms with Crippen molar-refractivity contribution in [3.05, 3.63) is 108 Å². The second-order valence-corrected chi connectivity index (χ2v) is 13.5. The van der Waals surface area contributed by atoms with Crippen LogP contribution in [0.3, 0.4) is 0 Å². The van der Waals surface area contributed by atoms with E-state index in [0.29, 0.717) is 35.8 Å². The third-order valence-electron chi connectivity index (χ3n) is 8.28. The first kappa shape index (κ1) is 36.2. The first-order valence-corrected chi connectivity index (χ1v) is 17.1. The lowest BCUT2D eigenvalue weighted by molar-refractivity contribution is 0.0635. The van der Waals surface area contributed by atoms with E-state index in [4.69, 9.17) is 14.2 Å². The zero-order chi connectivity index (χ0) is 35.5. The molecule has 4 N–H and O–H groups in total. The minimum atomic E-state index is -0.668. The molecular formula is C38H47N5O7. The number of piperidine rings is 1. The molecule has 0 spiro atoms. The lowest BCUT2D eigenvalue weighted by Gasteiger charge is -2.30. The lowest BCUT2D eigenvalue weighted by Crippen LogP contribution is -2.42. The minimum absolute atomic E-state index is 0.200. The number of nitrogens with zero attached hydrogens (tertiary/aromatic N) is 2. The van der Waals surface area contributed by atoms with Gasteiger partial charge >= 0.3 is 12.1 Å². The number of allylic oxidation sites excluding steroid dienone is 4. The van der Waals surface area contributed by atoms with Gasteiger partial charge in [0.2, 0.25) is 5.88 Å². The maximum absolute atomic E-state index is 13.6. The van der Waals surface area contributed by atoms with Gasteiger partial charge in [0.1, 0.15) is 11.9 Å². The number of aliphatic hydroxyl groups excluding tert-OH is 1. The number of rotatable bonds is 11. The van der Waals surface area contributed by atoms with E-state index in [-0.39, 0.29) is 23.9 Å². The van der Waals surface area contributed by atoms with E-state index in [1.54, 1.807) is 62.1 Å². The van der Waals surface area contributed by atoms with E-state index < -0.39 is 11.7 Å². The Morgan fingerprint density at radius 1 is 0.980 bits per heavy atom. The number of nitrogens with one attached hydrogen (secondary N) is 3. The maximum atomic E-state index is 13.6. The molecule has 5 rings (SSSR count). The third kappa shape index (κ3) is 11.0. The van der Waals surface area contributed by atoms with E-state index in [2.05, 4.69) is 26.9 Å². The van der Waals surface area contributed by atoms with E-state index in [9.17, 15) is 19.5 Å². The van der Waals surface area contributed by atoms with Crippen molar-refractivity contribution in [3.8, 4) is 0 Å². The van der Waals surface area contributed by atoms with Crippen LogP contribution in [0.25, 0.3) is 0 Å². The molecule has 1 saturated heterocycles. The number of benzene rings is 2. The first-order valence-electron chi connectivity index (χ1n) is 17.1. The fourth-order valence-electron chi connectivity index (χ4n) is 5.68. The molecular weight excluding hydrogens is 638 g/mol. The molecule has 2 aliphatic heterocycles. The number of hydrogen-bond acceptors (Lipinski definition) is 8. The van der Waals surface area contributed by atoms with Crippen molar-refractivity contribution in [3.63, 3.8) is 0 Å². The van der Waals surface area contributed by atoms with Gasteiger partial charge in [-0.2, -0.15) is 0 Å². The molecule has 50 heavy (non-hydrogen) atoms. The molecule has 4 amide bonds. The molecule has 2 aromatic carbocycles. The van der Waals surface area contributed by atoms with Crippen LogP contribution in [0.5, 0.6) is 0 Å². The van der Waals surface area contributed by atoms with Gasteiger partial charge in [-0.3, -0.25) is 15.4 Å². The number of hydrogen-bond donors (Lipinski definition) is 4. The van der Waals surface area contributed by atoms with Crippen molar-refractivity contribution in [2.45, 2.75) is 71.1 Å². The van der Waals surface area contributed by atoms with Crippen molar-refractivity contribution < 1.29 is 33.7 Å². The van der Waals surface area contributed by atoms with Gasteiger partial charge in [0.05, 0.1) is 17.5 Å². The summed E-state index contributed by atoms with van der Waals surface area (Å²) in [7, 11) is 0. The molecule has 266 valence electrons. The number of para-hydroxylation sites is 2. The number of likely N-dealkylation sites (tertiary alicyclic amines) is 1. The number of ether oxygens (including phenoxy) is 3. The summed E-state index contributed by atoms with van der Waals surface area (Å²) in [5.74, 6) is 0.402. The third-order valence-corrected chi connectivity index (χ3v) is 8.28. The van der Waals surface area contributed by atoms with Crippen LogP contribution in [0.2, 0.25) is 0 Å². The normalized spacial score (nSPS) is 16.5. The molecule has 2 aromatic rings. The highest BCUT2D eigenvalue weighted by Crippen LogP contribution is 2.26. The van der Waals surface area contributed by atoms with Crippen LogP contribution in [-0.2, 0) is 20.8 Å². The SMILES string of the molecule is CC(C)(C)OC(=O)Nc1ccccc1NC(=O)c1ccc(CN(CCCN2CCC(O)CC2)C(=O)NC2=COC=C(C3=CC=CCC3)O2)cc1. The van der Waals surface area contributed by atoms with Crippen molar-refractivity contribution in [2.75, 3.05) is 36.8 Å². The number of amides is 4. The molecule has 0 saturated carbocycles. The van der Waals surface area contributed by atoms with Gasteiger partial charge in [0.15, 0.2) is 12.0 Å². The molecule has 0 aromatic heterocycles. The standard InChI is InChI=1S/C38H47N5O7/c1-38(2,3)50-37(47)40-32-13-8-7-12-31(32)39-35(45)29-16-14-27(15-17-29)24-43(21-9-20-42-22-18-30(44)19-23-42)36(46)41-34-26-48-25-33(49-34)28-10-5-4-6-11-28/h4-5,7-8,10,12-17,25-26,30,44H,6,9,11,18-24H2,1-3H3,(H,39,45)(H,40,47)(H,41,46). The first-order chi connectivity index (χ1) is 24.0. The fraction of sp³-hybridized carbons (Fsp3) is 0.395. The van der Waals surface area contributed by atoms with Crippen molar-refractivity contribution in [2.24, 2.45) is 0 Å². The van der Waals surface area contributed by atoms with Crippen LogP contribution in [0.15, 0.2) is 96.5 Å². The molecule has 1 fully saturated rings. The zero-order valence-corrected chi connectivity index (χ0v) is 28.9. The van der Waals surface area contributed by atoms with E-state index in [0.717, 1.165) is 62.9 Å². The predicted octanol–water partition coefficient (Wildman–Crippen LogP) is 6.61. The summed E-state index contributed by atoms with van der Waals surface area (Å²) in [6, 6.07) is 13.6. The lowest BCUT2D eigenvalue weighted by atomic mass is 10.0. The molecule has 12 nitrogen and oxygen atoms in total. The summed E-state index contributed by atoms with van der Waals surface area (Å²) in [6.45, 7) is 8.55. The Labute approximate surface area is 293 Å². The summed E-state index contributed by atoms with van der Waals surface area (Å²) in [4.78, 5) is 43.2. The Hall–Kier alpha value is -5.07. The summed E-state index contributed by atoms with van der Waals surface area (Å²) in [5, 5.41) is 18.3. The zero-order valence-electron chi connectivity index (χ0n) is 28.9. The van der Waals surface area contributed by atoms with Gasteiger partial charge in [-0.15, -0.1) is 0 Å². The second-order valence-electron chi connectivity index (χ2n) is 13.5. The van der Waals surface area contributed by atoms with Crippen molar-refractivity contribution in [1.82, 2.24) is 15.1 Å². The summed E-state index contributed by atoms with van der Waals surface area (Å²) >= 11 is 0. The van der Waals surface area contributed by atoms with Crippen LogP contribution < -0.4 is 16.0 Å². The molecule has 1 aliphatic carbocycles. The number of carbonyl (C=O) groups excluding carboxylic acids is 3. The Morgan fingerprint density at radius 3 is 2.38 bits per heavy atom. The highest BCUT2D eigenvalue weighted by atomic mass is 16.6. The highest BCUT2D eigenvalue weighted by molar-refractivity contribution is 6.06. The molecule has 0 radical (unpaired) electrons. The summed E-state index contributed by atoms with van der Waals surface area (Å²) in [5.41, 5.74) is 2.40. The number of anilines is 2. The molecule has 0 bridgehead atoms. The number of aliphatic hydroxyl groups is 1. The molecule has 3 aliphatic rings. The van der Waals surface area contributed by atoms with Crippen LogP contribution in [0.1, 0.15) is 68.8 Å². The Morgan fingerprint density at radius 2 is 1.70 bits per heavy atom. The second kappa shape index (κ2) is 17.0. The Kier molecular flexibility index (Phi) is 12.3. The van der Waals surface area contributed by atoms with Gasteiger partial charge in [-0.05, 0) is 94.8 Å². The topological polar surface area (TPSA) is 142 Å². The fourth-order valence-corrected chi connectivity index (χ4v) is 5.68. The molecule has 12 heteroatoms. The van der Waals surface area contributed by atoms with Gasteiger partial charge < -0.3 is 34.4 Å². The maximum Gasteiger partial charge on any atom is 0.412 e. The summed E-state index contributed by atoms with van der Waals surface area (Å²) in [6.07, 6.45) is 12.0. The van der Waals surface area contributed by atoms with Crippen molar-refractivity contribution in [1.29, 1.82) is 0 Å². The largest absolute Gasteiger partial charge is 0.463 e. The van der Waals surface area contributed by atoms with Crippen LogP contribution in [0, 0.1) is 0 Å². The van der Waals surface area contributed by atoms with Gasteiger partial charge in [-0.25, -0.2) is 9.59 Å². The molecule has 0 unspecified atom stereocenters. The highest BCUT2D eigenvalue weighted by Gasteiger charge is 2.23. The minimum Gasteiger partial charge on any atom is -0.463 e. The number of urea groups is 1.